The van der Waals surface area contributed by atoms with Crippen molar-refractivity contribution in [3.8, 4) is 5.75 Å². The average molecular weight is 494 g/mol. The highest BCUT2D eigenvalue weighted by atomic mass is 19.4. The fourth-order valence-electron chi connectivity index (χ4n) is 3.99. The Morgan fingerprint density at radius 2 is 1.97 bits per heavy atom. The summed E-state index contributed by atoms with van der Waals surface area (Å²) in [4.78, 5) is 36.0. The first kappa shape index (κ1) is 24.6. The molecule has 8 nitrogen and oxygen atoms in total. The van der Waals surface area contributed by atoms with Gasteiger partial charge in [0.05, 0.1) is 18.5 Å². The molecule has 0 saturated carbocycles. The minimum Gasteiger partial charge on any atom is -0.486 e. The number of aliphatic hydroxyl groups is 1. The molecule has 1 aliphatic rings. The molecule has 2 unspecified atom stereocenters. The third kappa shape index (κ3) is 4.97. The quantitative estimate of drug-likeness (QED) is 0.527. The summed E-state index contributed by atoms with van der Waals surface area (Å²) in [6.07, 6.45) is -5.93. The molecule has 0 aliphatic carbocycles. The van der Waals surface area contributed by atoms with Crippen LogP contribution < -0.4 is 10.3 Å². The van der Waals surface area contributed by atoms with E-state index in [1.807, 2.05) is 0 Å². The number of carbonyl (C=O) groups is 1. The number of halogens is 4. The lowest BCUT2D eigenvalue weighted by molar-refractivity contribution is -0.142. The summed E-state index contributed by atoms with van der Waals surface area (Å²) in [5, 5.41) is 9.03. The first-order valence-corrected chi connectivity index (χ1v) is 10.7. The zero-order chi connectivity index (χ0) is 25.5. The van der Waals surface area contributed by atoms with Crippen LogP contribution in [0.5, 0.6) is 5.75 Å². The Kier molecular flexibility index (Phi) is 6.26. The predicted octanol–water partition coefficient (Wildman–Crippen LogP) is 3.33. The van der Waals surface area contributed by atoms with E-state index in [1.165, 1.54) is 43.0 Å². The summed E-state index contributed by atoms with van der Waals surface area (Å²) in [5.41, 5.74) is -4.09. The number of ether oxygens (including phenoxy) is 1. The van der Waals surface area contributed by atoms with Gasteiger partial charge in [-0.1, -0.05) is 0 Å². The maximum absolute atomic E-state index is 14.2. The fourth-order valence-corrected chi connectivity index (χ4v) is 3.99. The smallest absolute Gasteiger partial charge is 0.433 e. The number of amides is 1. The zero-order valence-electron chi connectivity index (χ0n) is 18.8. The summed E-state index contributed by atoms with van der Waals surface area (Å²) in [5.74, 6) is -0.121. The number of fused-ring (bicyclic) bond motifs is 1. The Balaban J connectivity index is 1.58. The Hall–Kier alpha value is -3.54. The van der Waals surface area contributed by atoms with Crippen molar-refractivity contribution in [1.82, 2.24) is 19.9 Å². The second-order valence-corrected chi connectivity index (χ2v) is 8.52. The fraction of sp³-hybridized carbons (Fsp3) is 0.391. The van der Waals surface area contributed by atoms with E-state index in [-0.39, 0.29) is 53.2 Å². The van der Waals surface area contributed by atoms with Crippen LogP contribution in [-0.2, 0) is 6.18 Å². The molecule has 4 rings (SSSR count). The number of aromatic amines is 1. The van der Waals surface area contributed by atoms with E-state index in [0.717, 1.165) is 6.07 Å². The van der Waals surface area contributed by atoms with Gasteiger partial charge in [-0.3, -0.25) is 9.59 Å². The molecule has 1 fully saturated rings. The molecule has 1 amide bonds. The van der Waals surface area contributed by atoms with Crippen LogP contribution in [0.2, 0.25) is 0 Å². The zero-order valence-corrected chi connectivity index (χ0v) is 18.8. The molecule has 2 aromatic heterocycles. The minimum atomic E-state index is -4.81. The molecule has 1 aromatic carbocycles. The number of hydrogen-bond donors (Lipinski definition) is 2. The lowest BCUT2D eigenvalue weighted by Crippen LogP contribution is -2.35. The molecule has 186 valence electrons. The van der Waals surface area contributed by atoms with Gasteiger partial charge in [0.15, 0.2) is 17.0 Å². The van der Waals surface area contributed by atoms with Gasteiger partial charge in [0.2, 0.25) is 0 Å². The summed E-state index contributed by atoms with van der Waals surface area (Å²) in [7, 11) is 0. The molecular weight excluding hydrogens is 472 g/mol. The number of pyridine rings is 1. The van der Waals surface area contributed by atoms with Crippen molar-refractivity contribution >= 4 is 16.9 Å². The predicted molar refractivity (Wildman–Crippen MR) is 117 cm³/mol. The van der Waals surface area contributed by atoms with Crippen molar-refractivity contribution in [2.45, 2.75) is 38.2 Å². The lowest BCUT2D eigenvalue weighted by atomic mass is 10.1. The van der Waals surface area contributed by atoms with E-state index in [4.69, 9.17) is 9.84 Å². The topological polar surface area (TPSA) is 108 Å². The largest absolute Gasteiger partial charge is 0.486 e. The first-order valence-electron chi connectivity index (χ1n) is 10.7. The molecule has 12 heteroatoms. The third-order valence-corrected chi connectivity index (χ3v) is 5.84. The highest BCUT2D eigenvalue weighted by molar-refractivity contribution is 5.94. The minimum absolute atomic E-state index is 0.0349. The Bertz CT molecular complexity index is 1330. The Morgan fingerprint density at radius 3 is 2.57 bits per heavy atom. The van der Waals surface area contributed by atoms with Crippen LogP contribution in [0.25, 0.3) is 11.0 Å². The number of likely N-dealkylation sites (tertiary alicyclic amines) is 1. The third-order valence-electron chi connectivity index (χ3n) is 5.84. The van der Waals surface area contributed by atoms with E-state index in [1.54, 1.807) is 0 Å². The van der Waals surface area contributed by atoms with Crippen LogP contribution in [0, 0.1) is 6.92 Å². The van der Waals surface area contributed by atoms with Gasteiger partial charge in [0.1, 0.15) is 17.7 Å². The highest BCUT2D eigenvalue weighted by Gasteiger charge is 2.40. The molecule has 1 aliphatic heterocycles. The van der Waals surface area contributed by atoms with Crippen LogP contribution in [-0.4, -0.2) is 56.2 Å². The maximum Gasteiger partial charge on any atom is 0.433 e. The van der Waals surface area contributed by atoms with Gasteiger partial charge in [0, 0.05) is 24.1 Å². The molecule has 0 spiro atoms. The van der Waals surface area contributed by atoms with Crippen molar-refractivity contribution in [3.63, 3.8) is 0 Å². The van der Waals surface area contributed by atoms with Crippen molar-refractivity contribution in [3.05, 3.63) is 63.3 Å². The second-order valence-electron chi connectivity index (χ2n) is 8.52. The maximum atomic E-state index is 14.2. The highest BCUT2D eigenvalue weighted by Crippen LogP contribution is 2.36. The Labute approximate surface area is 196 Å². The number of carbonyl (C=O) groups excluding carboxylic acids is 1. The molecule has 0 radical (unpaired) electrons. The summed E-state index contributed by atoms with van der Waals surface area (Å²) in [6, 6.07) is 6.73. The second kappa shape index (κ2) is 8.91. The van der Waals surface area contributed by atoms with Gasteiger partial charge in [-0.05, 0) is 44.2 Å². The van der Waals surface area contributed by atoms with E-state index in [0.29, 0.717) is 0 Å². The van der Waals surface area contributed by atoms with Crippen LogP contribution in [0.1, 0.15) is 46.9 Å². The summed E-state index contributed by atoms with van der Waals surface area (Å²) >= 11 is 0. The number of aryl methyl sites for hydroxylation is 1. The number of alkyl halides is 4. The normalized spacial score (nSPS) is 19.2. The molecule has 2 atom stereocenters. The number of benzene rings is 1. The average Bonchev–Trinajstić information content (AvgIpc) is 3.20. The molecule has 0 bridgehead atoms. The monoisotopic (exact) mass is 494 g/mol. The number of aliphatic hydroxyl groups excluding tert-OH is 1. The van der Waals surface area contributed by atoms with Gasteiger partial charge < -0.3 is 19.7 Å². The van der Waals surface area contributed by atoms with E-state index >= 15 is 0 Å². The van der Waals surface area contributed by atoms with E-state index < -0.39 is 41.7 Å². The standard InChI is InChI=1S/C23H22F4N4O4/c1-12(16-9-17-19(28-13(2)29-20(17)33)30-18(16)23(25,26)27)35-15-5-3-14(4-6-15)21(34)31-8-7-22(24,10-31)11-32/h3-6,9,12,32H,7-8,10-11H2,1-2H3,(H,28,29,30,33). The number of H-pyrrole nitrogens is 1. The van der Waals surface area contributed by atoms with Crippen LogP contribution in [0.3, 0.4) is 0 Å². The number of nitrogens with zero attached hydrogens (tertiary/aromatic N) is 3. The number of hydrogen-bond acceptors (Lipinski definition) is 6. The van der Waals surface area contributed by atoms with Gasteiger partial charge in [-0.25, -0.2) is 14.4 Å². The van der Waals surface area contributed by atoms with Crippen LogP contribution >= 0.6 is 0 Å². The summed E-state index contributed by atoms with van der Waals surface area (Å²) in [6.45, 7) is 2.09. The van der Waals surface area contributed by atoms with Crippen LogP contribution in [0.4, 0.5) is 17.6 Å². The lowest BCUT2D eigenvalue weighted by Gasteiger charge is -2.20. The van der Waals surface area contributed by atoms with Crippen molar-refractivity contribution < 1.29 is 32.2 Å². The molecule has 2 N–H and O–H groups in total. The van der Waals surface area contributed by atoms with Gasteiger partial charge in [0.25, 0.3) is 11.5 Å². The molecular formula is C23H22F4N4O4. The molecule has 1 saturated heterocycles. The van der Waals surface area contributed by atoms with Crippen molar-refractivity contribution in [1.29, 1.82) is 0 Å². The molecule has 35 heavy (non-hydrogen) atoms. The SMILES string of the molecule is Cc1nc2nc(C(F)(F)F)c(C(C)Oc3ccc(C(=O)N4CCC(F)(CO)C4)cc3)cc2c(=O)[nH]1. The van der Waals surface area contributed by atoms with Gasteiger partial charge >= 0.3 is 6.18 Å². The number of nitrogens with one attached hydrogen (secondary N) is 1. The number of rotatable bonds is 5. The van der Waals surface area contributed by atoms with Crippen molar-refractivity contribution in [2.24, 2.45) is 0 Å². The van der Waals surface area contributed by atoms with Gasteiger partial charge in [-0.15, -0.1) is 0 Å². The van der Waals surface area contributed by atoms with Gasteiger partial charge in [-0.2, -0.15) is 13.2 Å². The molecule has 3 heterocycles. The summed E-state index contributed by atoms with van der Waals surface area (Å²) < 4.78 is 61.1. The first-order chi connectivity index (χ1) is 16.4. The number of aromatic nitrogens is 3. The molecule has 3 aromatic rings. The van der Waals surface area contributed by atoms with E-state index in [2.05, 4.69) is 15.0 Å². The van der Waals surface area contributed by atoms with E-state index in [9.17, 15) is 27.2 Å². The van der Waals surface area contributed by atoms with Crippen molar-refractivity contribution in [2.75, 3.05) is 19.7 Å². The Morgan fingerprint density at radius 1 is 1.29 bits per heavy atom. The van der Waals surface area contributed by atoms with Crippen LogP contribution in [0.15, 0.2) is 35.1 Å².